The van der Waals surface area contributed by atoms with Gasteiger partial charge in [0.05, 0.1) is 16.8 Å². The maximum atomic E-state index is 12.2. The van der Waals surface area contributed by atoms with Gasteiger partial charge in [-0.15, -0.1) is 10.2 Å². The van der Waals surface area contributed by atoms with Crippen LogP contribution in [0.1, 0.15) is 25.7 Å². The first-order chi connectivity index (χ1) is 15.5. The molecule has 0 radical (unpaired) electrons. The standard InChI is InChI=1S/C22H23N5O4S/c1-26-21(15-6-12-19(13-7-15)31-18-4-2-3-5-18)24-25-22(26)32-14-20(28)23-16-8-10-17(11-9-16)27(29)30/h6-13,18H,2-5,14H2,1H3,(H,23,28). The minimum Gasteiger partial charge on any atom is -0.490 e. The van der Waals surface area contributed by atoms with E-state index in [9.17, 15) is 14.9 Å². The van der Waals surface area contributed by atoms with E-state index in [1.807, 2.05) is 35.9 Å². The van der Waals surface area contributed by atoms with Gasteiger partial charge in [0.15, 0.2) is 11.0 Å². The van der Waals surface area contributed by atoms with Gasteiger partial charge >= 0.3 is 0 Å². The van der Waals surface area contributed by atoms with E-state index in [-0.39, 0.29) is 17.3 Å². The molecule has 1 fully saturated rings. The second-order valence-electron chi connectivity index (χ2n) is 7.55. The zero-order valence-electron chi connectivity index (χ0n) is 17.6. The molecule has 0 atom stereocenters. The number of nitro groups is 1. The first-order valence-corrected chi connectivity index (χ1v) is 11.3. The topological polar surface area (TPSA) is 112 Å². The number of carbonyl (C=O) groups is 1. The summed E-state index contributed by atoms with van der Waals surface area (Å²) >= 11 is 1.27. The van der Waals surface area contributed by atoms with Crippen LogP contribution in [0.25, 0.3) is 11.4 Å². The Morgan fingerprint density at radius 1 is 1.16 bits per heavy atom. The highest BCUT2D eigenvalue weighted by molar-refractivity contribution is 7.99. The summed E-state index contributed by atoms with van der Waals surface area (Å²) in [5.41, 5.74) is 1.39. The number of ether oxygens (including phenoxy) is 1. The molecule has 1 aliphatic carbocycles. The highest BCUT2D eigenvalue weighted by Gasteiger charge is 2.17. The minimum atomic E-state index is -0.483. The first-order valence-electron chi connectivity index (χ1n) is 10.3. The number of thioether (sulfide) groups is 1. The molecule has 4 rings (SSSR count). The number of non-ortho nitro benzene ring substituents is 1. The van der Waals surface area contributed by atoms with Gasteiger partial charge in [0, 0.05) is 30.4 Å². The van der Waals surface area contributed by atoms with Gasteiger partial charge in [-0.2, -0.15) is 0 Å². The smallest absolute Gasteiger partial charge is 0.269 e. The lowest BCUT2D eigenvalue weighted by Crippen LogP contribution is -2.14. The third-order valence-corrected chi connectivity index (χ3v) is 6.27. The molecule has 0 aliphatic heterocycles. The van der Waals surface area contributed by atoms with Crippen LogP contribution in [0.3, 0.4) is 0 Å². The molecule has 0 unspecified atom stereocenters. The summed E-state index contributed by atoms with van der Waals surface area (Å²) in [5.74, 6) is 1.47. The Hall–Kier alpha value is -3.40. The summed E-state index contributed by atoms with van der Waals surface area (Å²) in [6, 6.07) is 13.5. The number of nitrogens with one attached hydrogen (secondary N) is 1. The Kier molecular flexibility index (Phi) is 6.69. The number of anilines is 1. The summed E-state index contributed by atoms with van der Waals surface area (Å²) in [6.45, 7) is 0. The van der Waals surface area contributed by atoms with E-state index in [0.29, 0.717) is 22.8 Å². The predicted octanol–water partition coefficient (Wildman–Crippen LogP) is 4.44. The largest absolute Gasteiger partial charge is 0.490 e. The number of hydrogen-bond donors (Lipinski definition) is 1. The normalized spacial score (nSPS) is 13.8. The van der Waals surface area contributed by atoms with Gasteiger partial charge in [-0.1, -0.05) is 11.8 Å². The van der Waals surface area contributed by atoms with Crippen molar-refractivity contribution in [2.45, 2.75) is 36.9 Å². The number of hydrogen-bond acceptors (Lipinski definition) is 7. The summed E-state index contributed by atoms with van der Waals surface area (Å²) in [7, 11) is 1.86. The van der Waals surface area contributed by atoms with Crippen LogP contribution >= 0.6 is 11.8 Å². The van der Waals surface area contributed by atoms with Gasteiger partial charge in [0.1, 0.15) is 5.75 Å². The van der Waals surface area contributed by atoms with Crippen LogP contribution in [0.2, 0.25) is 0 Å². The van der Waals surface area contributed by atoms with Crippen LogP contribution in [0.5, 0.6) is 5.75 Å². The minimum absolute atomic E-state index is 0.0258. The Morgan fingerprint density at radius 3 is 2.50 bits per heavy atom. The molecule has 10 heteroatoms. The van der Waals surface area contributed by atoms with E-state index < -0.39 is 4.92 Å². The van der Waals surface area contributed by atoms with Gasteiger partial charge in [-0.25, -0.2) is 0 Å². The van der Waals surface area contributed by atoms with Crippen molar-refractivity contribution in [1.29, 1.82) is 0 Å². The summed E-state index contributed by atoms with van der Waals surface area (Å²) < 4.78 is 7.85. The van der Waals surface area contributed by atoms with Crippen molar-refractivity contribution in [3.05, 3.63) is 58.6 Å². The maximum Gasteiger partial charge on any atom is 0.269 e. The van der Waals surface area contributed by atoms with E-state index in [1.165, 1.54) is 48.9 Å². The molecule has 1 N–H and O–H groups in total. The molecule has 1 aromatic heterocycles. The number of aromatic nitrogens is 3. The lowest BCUT2D eigenvalue weighted by atomic mass is 10.2. The third kappa shape index (κ3) is 5.25. The van der Waals surface area contributed by atoms with Crippen molar-refractivity contribution in [2.24, 2.45) is 7.05 Å². The first kappa shape index (κ1) is 21.8. The highest BCUT2D eigenvalue weighted by atomic mass is 32.2. The fraction of sp³-hybridized carbons (Fsp3) is 0.318. The molecule has 1 amide bonds. The average molecular weight is 454 g/mol. The predicted molar refractivity (Wildman–Crippen MR) is 122 cm³/mol. The van der Waals surface area contributed by atoms with Crippen LogP contribution in [0.15, 0.2) is 53.7 Å². The second-order valence-corrected chi connectivity index (χ2v) is 8.50. The SMILES string of the molecule is Cn1c(SCC(=O)Nc2ccc([N+](=O)[O-])cc2)nnc1-c1ccc(OC2CCCC2)cc1. The van der Waals surface area contributed by atoms with Gasteiger partial charge in [0.2, 0.25) is 5.91 Å². The van der Waals surface area contributed by atoms with Gasteiger partial charge in [-0.3, -0.25) is 14.9 Å². The van der Waals surface area contributed by atoms with E-state index in [2.05, 4.69) is 15.5 Å². The number of nitro benzene ring substituents is 1. The molecule has 2 aromatic carbocycles. The van der Waals surface area contributed by atoms with Gasteiger partial charge < -0.3 is 14.6 Å². The molecular formula is C22H23N5O4S. The van der Waals surface area contributed by atoms with Crippen LogP contribution in [0, 0.1) is 10.1 Å². The lowest BCUT2D eigenvalue weighted by molar-refractivity contribution is -0.384. The average Bonchev–Trinajstić information content (AvgIpc) is 3.43. The van der Waals surface area contributed by atoms with Gasteiger partial charge in [-0.05, 0) is 62.1 Å². The van der Waals surface area contributed by atoms with Crippen molar-refractivity contribution in [3.63, 3.8) is 0 Å². The molecule has 9 nitrogen and oxygen atoms in total. The monoisotopic (exact) mass is 453 g/mol. The fourth-order valence-electron chi connectivity index (χ4n) is 3.57. The number of rotatable bonds is 8. The van der Waals surface area contributed by atoms with Crippen molar-refractivity contribution >= 4 is 29.0 Å². The zero-order valence-corrected chi connectivity index (χ0v) is 18.4. The second kappa shape index (κ2) is 9.82. The number of carbonyl (C=O) groups excluding carboxylic acids is 1. The lowest BCUT2D eigenvalue weighted by Gasteiger charge is -2.13. The van der Waals surface area contributed by atoms with Gasteiger partial charge in [0.25, 0.3) is 5.69 Å². The summed E-state index contributed by atoms with van der Waals surface area (Å²) in [4.78, 5) is 22.5. The number of nitrogens with zero attached hydrogens (tertiary/aromatic N) is 4. The van der Waals surface area contributed by atoms with E-state index >= 15 is 0 Å². The zero-order chi connectivity index (χ0) is 22.5. The van der Waals surface area contributed by atoms with Crippen molar-refractivity contribution in [3.8, 4) is 17.1 Å². The Labute approximate surface area is 189 Å². The number of benzene rings is 2. The molecule has 3 aromatic rings. The molecule has 0 bridgehead atoms. The van der Waals surface area contributed by atoms with Crippen LogP contribution in [-0.4, -0.2) is 37.5 Å². The van der Waals surface area contributed by atoms with Crippen molar-refractivity contribution in [1.82, 2.24) is 14.8 Å². The quantitative estimate of drug-likeness (QED) is 0.305. The molecule has 32 heavy (non-hydrogen) atoms. The Bertz CT molecular complexity index is 1090. The molecule has 166 valence electrons. The van der Waals surface area contributed by atoms with Crippen LogP contribution < -0.4 is 10.1 Å². The molecule has 1 saturated carbocycles. The maximum absolute atomic E-state index is 12.2. The summed E-state index contributed by atoms with van der Waals surface area (Å²) in [6.07, 6.45) is 5.00. The third-order valence-electron chi connectivity index (χ3n) is 5.25. The molecule has 1 aliphatic rings. The molecule has 0 spiro atoms. The number of amides is 1. The summed E-state index contributed by atoms with van der Waals surface area (Å²) in [5, 5.41) is 22.5. The van der Waals surface area contributed by atoms with Crippen LogP contribution in [0.4, 0.5) is 11.4 Å². The fourth-order valence-corrected chi connectivity index (χ4v) is 4.28. The van der Waals surface area contributed by atoms with Crippen LogP contribution in [-0.2, 0) is 11.8 Å². The molecule has 1 heterocycles. The highest BCUT2D eigenvalue weighted by Crippen LogP contribution is 2.27. The van der Waals surface area contributed by atoms with E-state index in [4.69, 9.17) is 4.74 Å². The Balaban J connectivity index is 1.33. The van der Waals surface area contributed by atoms with E-state index in [0.717, 1.165) is 24.2 Å². The Morgan fingerprint density at radius 2 is 1.84 bits per heavy atom. The van der Waals surface area contributed by atoms with Crippen molar-refractivity contribution < 1.29 is 14.5 Å². The van der Waals surface area contributed by atoms with Crippen molar-refractivity contribution in [2.75, 3.05) is 11.1 Å². The van der Waals surface area contributed by atoms with E-state index in [1.54, 1.807) is 0 Å². The molecular weight excluding hydrogens is 430 g/mol. The molecule has 0 saturated heterocycles.